The highest BCUT2D eigenvalue weighted by Gasteiger charge is 2.15. The summed E-state index contributed by atoms with van der Waals surface area (Å²) < 4.78 is 5.12. The Morgan fingerprint density at radius 3 is 2.32 bits per heavy atom. The highest BCUT2D eigenvalue weighted by Crippen LogP contribution is 2.13. The summed E-state index contributed by atoms with van der Waals surface area (Å²) in [6.07, 6.45) is 0.822. The molecule has 0 saturated carbocycles. The van der Waals surface area contributed by atoms with Crippen molar-refractivity contribution in [2.24, 2.45) is 5.73 Å². The van der Waals surface area contributed by atoms with Crippen molar-refractivity contribution in [3.05, 3.63) is 65.7 Å². The SMILES string of the molecule is COc1ccc(C(=O)N(CCN)CCc2ccccc2)cc1. The van der Waals surface area contributed by atoms with Crippen molar-refractivity contribution in [1.82, 2.24) is 4.90 Å². The number of hydrogen-bond donors (Lipinski definition) is 1. The number of rotatable bonds is 7. The second kappa shape index (κ2) is 8.20. The van der Waals surface area contributed by atoms with Gasteiger partial charge in [0.15, 0.2) is 0 Å². The van der Waals surface area contributed by atoms with Gasteiger partial charge in [0.05, 0.1) is 7.11 Å². The van der Waals surface area contributed by atoms with Gasteiger partial charge in [0.2, 0.25) is 0 Å². The second-order valence-electron chi connectivity index (χ2n) is 5.04. The first kappa shape index (κ1) is 16.0. The largest absolute Gasteiger partial charge is 0.497 e. The molecule has 2 aromatic rings. The van der Waals surface area contributed by atoms with E-state index in [0.29, 0.717) is 25.2 Å². The summed E-state index contributed by atoms with van der Waals surface area (Å²) in [4.78, 5) is 14.4. The Morgan fingerprint density at radius 2 is 1.73 bits per heavy atom. The summed E-state index contributed by atoms with van der Waals surface area (Å²) in [6.45, 7) is 1.67. The lowest BCUT2D eigenvalue weighted by atomic mass is 10.1. The van der Waals surface area contributed by atoms with Gasteiger partial charge in [-0.25, -0.2) is 0 Å². The number of benzene rings is 2. The first-order valence-corrected chi connectivity index (χ1v) is 7.42. The molecule has 0 saturated heterocycles. The van der Waals surface area contributed by atoms with E-state index in [1.165, 1.54) is 5.56 Å². The van der Waals surface area contributed by atoms with Crippen LogP contribution in [-0.2, 0) is 6.42 Å². The minimum absolute atomic E-state index is 0.00374. The van der Waals surface area contributed by atoms with Crippen molar-refractivity contribution in [3.63, 3.8) is 0 Å². The van der Waals surface area contributed by atoms with Gasteiger partial charge in [0.1, 0.15) is 5.75 Å². The maximum atomic E-state index is 12.6. The zero-order valence-electron chi connectivity index (χ0n) is 12.9. The highest BCUT2D eigenvalue weighted by atomic mass is 16.5. The van der Waals surface area contributed by atoms with Gasteiger partial charge in [0, 0.05) is 25.2 Å². The fourth-order valence-electron chi connectivity index (χ4n) is 2.30. The fraction of sp³-hybridized carbons (Fsp3) is 0.278. The predicted molar refractivity (Wildman–Crippen MR) is 88.1 cm³/mol. The zero-order valence-corrected chi connectivity index (χ0v) is 12.9. The third kappa shape index (κ3) is 4.33. The molecule has 0 fully saturated rings. The van der Waals surface area contributed by atoms with Crippen LogP contribution in [-0.4, -0.2) is 37.6 Å². The number of ether oxygens (including phenoxy) is 1. The van der Waals surface area contributed by atoms with Crippen LogP contribution < -0.4 is 10.5 Å². The molecular weight excluding hydrogens is 276 g/mol. The Kier molecular flexibility index (Phi) is 5.98. The van der Waals surface area contributed by atoms with Crippen molar-refractivity contribution < 1.29 is 9.53 Å². The van der Waals surface area contributed by atoms with E-state index in [1.54, 1.807) is 36.3 Å². The van der Waals surface area contributed by atoms with Crippen LogP contribution in [0.5, 0.6) is 5.75 Å². The van der Waals surface area contributed by atoms with Gasteiger partial charge in [-0.15, -0.1) is 0 Å². The molecule has 0 bridgehead atoms. The van der Waals surface area contributed by atoms with Crippen LogP contribution in [0.1, 0.15) is 15.9 Å². The van der Waals surface area contributed by atoms with Crippen LogP contribution >= 0.6 is 0 Å². The average molecular weight is 298 g/mol. The van der Waals surface area contributed by atoms with E-state index >= 15 is 0 Å². The molecule has 4 heteroatoms. The molecule has 0 aliphatic heterocycles. The molecule has 0 aliphatic rings. The van der Waals surface area contributed by atoms with Gasteiger partial charge in [0.25, 0.3) is 5.91 Å². The third-order valence-electron chi connectivity index (χ3n) is 3.54. The molecule has 0 unspecified atom stereocenters. The molecule has 0 aliphatic carbocycles. The number of amides is 1. The first-order valence-electron chi connectivity index (χ1n) is 7.42. The van der Waals surface area contributed by atoms with E-state index in [1.807, 2.05) is 18.2 Å². The molecule has 0 heterocycles. The van der Waals surface area contributed by atoms with Crippen LogP contribution in [0.25, 0.3) is 0 Å². The summed E-state index contributed by atoms with van der Waals surface area (Å²) in [5, 5.41) is 0. The Hall–Kier alpha value is -2.33. The fourth-order valence-corrected chi connectivity index (χ4v) is 2.30. The monoisotopic (exact) mass is 298 g/mol. The third-order valence-corrected chi connectivity index (χ3v) is 3.54. The Balaban J connectivity index is 2.03. The molecule has 22 heavy (non-hydrogen) atoms. The van der Waals surface area contributed by atoms with Crippen molar-refractivity contribution in [3.8, 4) is 5.75 Å². The van der Waals surface area contributed by atoms with Gasteiger partial charge >= 0.3 is 0 Å². The Labute approximate surface area is 131 Å². The molecule has 0 atom stereocenters. The van der Waals surface area contributed by atoms with E-state index < -0.39 is 0 Å². The lowest BCUT2D eigenvalue weighted by Gasteiger charge is -2.22. The summed E-state index contributed by atoms with van der Waals surface area (Å²) in [5.41, 5.74) is 7.52. The van der Waals surface area contributed by atoms with Crippen molar-refractivity contribution in [2.75, 3.05) is 26.7 Å². The summed E-state index contributed by atoms with van der Waals surface area (Å²) in [7, 11) is 1.61. The molecule has 0 spiro atoms. The number of carbonyl (C=O) groups is 1. The number of carbonyl (C=O) groups excluding carboxylic acids is 1. The summed E-state index contributed by atoms with van der Waals surface area (Å²) in [6, 6.07) is 17.3. The number of nitrogens with two attached hydrogens (primary N) is 1. The van der Waals surface area contributed by atoms with Gasteiger partial charge in [-0.3, -0.25) is 4.79 Å². The quantitative estimate of drug-likeness (QED) is 0.853. The molecule has 4 nitrogen and oxygen atoms in total. The minimum atomic E-state index is 0.00374. The van der Waals surface area contributed by atoms with E-state index in [-0.39, 0.29) is 5.91 Å². The molecule has 0 radical (unpaired) electrons. The lowest BCUT2D eigenvalue weighted by Crippen LogP contribution is -2.36. The van der Waals surface area contributed by atoms with Crippen LogP contribution in [0.15, 0.2) is 54.6 Å². The topological polar surface area (TPSA) is 55.6 Å². The maximum Gasteiger partial charge on any atom is 0.253 e. The standard InChI is InChI=1S/C18H22N2O2/c1-22-17-9-7-16(8-10-17)18(21)20(14-12-19)13-11-15-5-3-2-4-6-15/h2-10H,11-14,19H2,1H3. The molecular formula is C18H22N2O2. The van der Waals surface area contributed by atoms with Crippen molar-refractivity contribution in [1.29, 1.82) is 0 Å². The van der Waals surface area contributed by atoms with E-state index in [0.717, 1.165) is 12.2 Å². The molecule has 2 aromatic carbocycles. The zero-order chi connectivity index (χ0) is 15.8. The number of hydrogen-bond acceptors (Lipinski definition) is 3. The van der Waals surface area contributed by atoms with Crippen molar-refractivity contribution in [2.45, 2.75) is 6.42 Å². The predicted octanol–water partition coefficient (Wildman–Crippen LogP) is 2.34. The van der Waals surface area contributed by atoms with Gasteiger partial charge < -0.3 is 15.4 Å². The van der Waals surface area contributed by atoms with Crippen LogP contribution in [0.2, 0.25) is 0 Å². The molecule has 1 amide bonds. The Bertz CT molecular complexity index is 582. The normalized spacial score (nSPS) is 10.3. The van der Waals surface area contributed by atoms with Crippen LogP contribution in [0.3, 0.4) is 0 Å². The van der Waals surface area contributed by atoms with E-state index in [9.17, 15) is 4.79 Å². The highest BCUT2D eigenvalue weighted by molar-refractivity contribution is 5.94. The van der Waals surface area contributed by atoms with Gasteiger partial charge in [-0.2, -0.15) is 0 Å². The number of nitrogens with zero attached hydrogens (tertiary/aromatic N) is 1. The summed E-state index contributed by atoms with van der Waals surface area (Å²) >= 11 is 0. The van der Waals surface area contributed by atoms with E-state index in [4.69, 9.17) is 10.5 Å². The first-order chi connectivity index (χ1) is 10.7. The second-order valence-corrected chi connectivity index (χ2v) is 5.04. The summed E-state index contributed by atoms with van der Waals surface area (Å²) in [5.74, 6) is 0.746. The molecule has 116 valence electrons. The van der Waals surface area contributed by atoms with Gasteiger partial charge in [-0.1, -0.05) is 30.3 Å². The van der Waals surface area contributed by atoms with Crippen LogP contribution in [0.4, 0.5) is 0 Å². The smallest absolute Gasteiger partial charge is 0.253 e. The molecule has 2 rings (SSSR count). The van der Waals surface area contributed by atoms with Crippen LogP contribution in [0, 0.1) is 0 Å². The Morgan fingerprint density at radius 1 is 1.05 bits per heavy atom. The van der Waals surface area contributed by atoms with E-state index in [2.05, 4.69) is 12.1 Å². The van der Waals surface area contributed by atoms with Gasteiger partial charge in [-0.05, 0) is 36.2 Å². The maximum absolute atomic E-state index is 12.6. The minimum Gasteiger partial charge on any atom is -0.497 e. The van der Waals surface area contributed by atoms with Crippen molar-refractivity contribution >= 4 is 5.91 Å². The molecule has 0 aromatic heterocycles. The lowest BCUT2D eigenvalue weighted by molar-refractivity contribution is 0.0762. The average Bonchev–Trinajstić information content (AvgIpc) is 2.59. The number of methoxy groups -OCH3 is 1. The molecule has 2 N–H and O–H groups in total.